The van der Waals surface area contributed by atoms with E-state index in [0.29, 0.717) is 13.2 Å². The van der Waals surface area contributed by atoms with Gasteiger partial charge in [-0.1, -0.05) is 60.7 Å². The number of hydrogen-bond donors (Lipinski definition) is 2. The highest BCUT2D eigenvalue weighted by atomic mass is 35.5. The maximum atomic E-state index is 12.8. The largest absolute Gasteiger partial charge is 1.00 e. The molecule has 4 nitrogen and oxygen atoms in total. The fraction of sp³-hybridized carbons (Fsp3) is 0.409. The van der Waals surface area contributed by atoms with Gasteiger partial charge in [0.1, 0.15) is 18.1 Å². The Bertz CT molecular complexity index is 700. The van der Waals surface area contributed by atoms with Gasteiger partial charge in [0.15, 0.2) is 0 Å². The molecule has 2 aromatic carbocycles. The molecule has 3 rings (SSSR count). The Balaban J connectivity index is 0.00000261. The molecular weight excluding hydrogens is 362 g/mol. The topological polar surface area (TPSA) is 51.0 Å². The lowest BCUT2D eigenvalue weighted by Crippen LogP contribution is -3.14. The van der Waals surface area contributed by atoms with Gasteiger partial charge >= 0.3 is 5.97 Å². The molecule has 146 valence electrons. The molecule has 0 saturated carbocycles. The summed E-state index contributed by atoms with van der Waals surface area (Å²) < 4.78 is 5.43. The summed E-state index contributed by atoms with van der Waals surface area (Å²) in [6.45, 7) is 4.61. The van der Waals surface area contributed by atoms with Gasteiger partial charge in [0.25, 0.3) is 0 Å². The summed E-state index contributed by atoms with van der Waals surface area (Å²) >= 11 is 0. The number of likely N-dealkylation sites (tertiary alicyclic amines) is 1. The second kappa shape index (κ2) is 9.88. The second-order valence-electron chi connectivity index (χ2n) is 7.05. The summed E-state index contributed by atoms with van der Waals surface area (Å²) in [5, 5.41) is 10.5. The first-order valence-electron chi connectivity index (χ1n) is 9.45. The van der Waals surface area contributed by atoms with Crippen LogP contribution in [0.2, 0.25) is 0 Å². The summed E-state index contributed by atoms with van der Waals surface area (Å²) in [6, 6.07) is 19.8. The highest BCUT2D eigenvalue weighted by Gasteiger charge is 2.46. The normalized spacial score (nSPS) is 23.1. The number of piperidine rings is 1. The molecule has 1 fully saturated rings. The Hall–Kier alpha value is -1.88. The number of halogens is 1. The van der Waals surface area contributed by atoms with E-state index in [-0.39, 0.29) is 18.4 Å². The predicted molar refractivity (Wildman–Crippen MR) is 101 cm³/mol. The number of carbonyl (C=O) groups excluding carboxylic acids is 1. The van der Waals surface area contributed by atoms with Crippen molar-refractivity contribution in [1.29, 1.82) is 0 Å². The van der Waals surface area contributed by atoms with Gasteiger partial charge in [-0.15, -0.1) is 0 Å². The summed E-state index contributed by atoms with van der Waals surface area (Å²) in [5.74, 6) is -0.117. The maximum absolute atomic E-state index is 12.8. The lowest BCUT2D eigenvalue weighted by Gasteiger charge is -2.38. The van der Waals surface area contributed by atoms with Crippen LogP contribution in [-0.2, 0) is 14.9 Å². The number of nitrogens with one attached hydrogen (secondary N) is 1. The number of benzene rings is 2. The lowest BCUT2D eigenvalue weighted by atomic mass is 9.72. The van der Waals surface area contributed by atoms with E-state index < -0.39 is 11.5 Å². The molecule has 1 unspecified atom stereocenters. The average Bonchev–Trinajstić information content (AvgIpc) is 2.70. The van der Waals surface area contributed by atoms with Crippen molar-refractivity contribution >= 4 is 5.97 Å². The number of carbonyl (C=O) groups is 1. The monoisotopic (exact) mass is 389 g/mol. The number of aliphatic hydroxyl groups excluding tert-OH is 1. The first-order chi connectivity index (χ1) is 12.7. The number of aliphatic hydroxyl groups is 1. The van der Waals surface area contributed by atoms with E-state index in [1.54, 1.807) is 0 Å². The molecule has 1 atom stereocenters. The van der Waals surface area contributed by atoms with Crippen molar-refractivity contribution in [2.24, 2.45) is 0 Å². The molecule has 0 aromatic heterocycles. The smallest absolute Gasteiger partial charge is 0.317 e. The van der Waals surface area contributed by atoms with Crippen molar-refractivity contribution in [3.05, 3.63) is 71.8 Å². The minimum Gasteiger partial charge on any atom is -1.00 e. The number of esters is 1. The van der Waals surface area contributed by atoms with Gasteiger partial charge in [0.05, 0.1) is 19.7 Å². The zero-order valence-electron chi connectivity index (χ0n) is 15.7. The summed E-state index contributed by atoms with van der Waals surface area (Å²) in [6.07, 6.45) is 1.01. The SMILES string of the molecule is CCOC(=O)C1(c2ccccc2)CC[NH+](CC(O)c2ccccc2)CC1.[Cl-]. The van der Waals surface area contributed by atoms with Crippen LogP contribution in [0.5, 0.6) is 0 Å². The number of ether oxygens (including phenoxy) is 1. The van der Waals surface area contributed by atoms with E-state index in [4.69, 9.17) is 4.74 Å². The first kappa shape index (κ1) is 21.4. The molecule has 1 heterocycles. The van der Waals surface area contributed by atoms with Gasteiger partial charge < -0.3 is 27.2 Å². The van der Waals surface area contributed by atoms with Crippen LogP contribution in [0.3, 0.4) is 0 Å². The average molecular weight is 390 g/mol. The fourth-order valence-electron chi connectivity index (χ4n) is 3.94. The molecule has 2 aromatic rings. The van der Waals surface area contributed by atoms with E-state index in [1.807, 2.05) is 67.6 Å². The minimum atomic E-state index is -0.557. The van der Waals surface area contributed by atoms with Crippen molar-refractivity contribution < 1.29 is 31.9 Å². The third-order valence-electron chi connectivity index (χ3n) is 5.47. The van der Waals surface area contributed by atoms with Crippen LogP contribution in [0.4, 0.5) is 0 Å². The molecule has 1 aliphatic heterocycles. The third-order valence-corrected chi connectivity index (χ3v) is 5.47. The number of quaternary nitrogens is 1. The Morgan fingerprint density at radius 1 is 1.07 bits per heavy atom. The van der Waals surface area contributed by atoms with Gasteiger partial charge in [0.2, 0.25) is 0 Å². The highest BCUT2D eigenvalue weighted by Crippen LogP contribution is 2.34. The Morgan fingerprint density at radius 3 is 2.19 bits per heavy atom. The molecule has 1 saturated heterocycles. The van der Waals surface area contributed by atoms with Crippen LogP contribution in [-0.4, -0.2) is 37.3 Å². The number of hydrogen-bond acceptors (Lipinski definition) is 3. The van der Waals surface area contributed by atoms with Crippen molar-refractivity contribution in [1.82, 2.24) is 0 Å². The molecular formula is C22H28ClNO3. The van der Waals surface area contributed by atoms with Crippen LogP contribution < -0.4 is 17.3 Å². The predicted octanol–water partition coefficient (Wildman–Crippen LogP) is -1.10. The Labute approximate surface area is 167 Å². The van der Waals surface area contributed by atoms with Gasteiger partial charge in [-0.25, -0.2) is 0 Å². The minimum absolute atomic E-state index is 0. The van der Waals surface area contributed by atoms with Crippen molar-refractivity contribution in [3.63, 3.8) is 0 Å². The summed E-state index contributed by atoms with van der Waals surface area (Å²) in [7, 11) is 0. The second-order valence-corrected chi connectivity index (χ2v) is 7.05. The van der Waals surface area contributed by atoms with Crippen LogP contribution in [0.25, 0.3) is 0 Å². The zero-order chi connectivity index (χ0) is 18.4. The first-order valence-corrected chi connectivity index (χ1v) is 9.45. The van der Waals surface area contributed by atoms with Crippen molar-refractivity contribution in [2.45, 2.75) is 31.3 Å². The van der Waals surface area contributed by atoms with E-state index in [2.05, 4.69) is 0 Å². The molecule has 0 bridgehead atoms. The van der Waals surface area contributed by atoms with Gasteiger partial charge in [-0.2, -0.15) is 0 Å². The van der Waals surface area contributed by atoms with E-state index in [9.17, 15) is 9.90 Å². The standard InChI is InChI=1S/C22H27NO3.ClH/c1-2-26-21(25)22(19-11-7-4-8-12-19)13-15-23(16-14-22)17-20(24)18-9-5-3-6-10-18;/h3-12,20,24H,2,13-17H2,1H3;1H. The van der Waals surface area contributed by atoms with Crippen LogP contribution in [0, 0.1) is 0 Å². The van der Waals surface area contributed by atoms with Crippen molar-refractivity contribution in [2.75, 3.05) is 26.2 Å². The van der Waals surface area contributed by atoms with Gasteiger partial charge in [0, 0.05) is 12.8 Å². The molecule has 0 aliphatic carbocycles. The van der Waals surface area contributed by atoms with Crippen LogP contribution in [0.15, 0.2) is 60.7 Å². The van der Waals surface area contributed by atoms with Crippen molar-refractivity contribution in [3.8, 4) is 0 Å². The quantitative estimate of drug-likeness (QED) is 0.617. The maximum Gasteiger partial charge on any atom is 0.317 e. The summed E-state index contributed by atoms with van der Waals surface area (Å²) in [5.41, 5.74) is 1.43. The molecule has 0 radical (unpaired) electrons. The highest BCUT2D eigenvalue weighted by molar-refractivity contribution is 5.83. The van der Waals surface area contributed by atoms with Gasteiger partial charge in [-0.05, 0) is 18.1 Å². The van der Waals surface area contributed by atoms with E-state index >= 15 is 0 Å². The van der Waals surface area contributed by atoms with E-state index in [0.717, 1.165) is 37.1 Å². The molecule has 5 heteroatoms. The number of rotatable bonds is 6. The third kappa shape index (κ3) is 4.89. The summed E-state index contributed by atoms with van der Waals surface area (Å²) in [4.78, 5) is 14.1. The molecule has 2 N–H and O–H groups in total. The van der Waals surface area contributed by atoms with Crippen LogP contribution in [0.1, 0.15) is 37.0 Å². The zero-order valence-corrected chi connectivity index (χ0v) is 16.5. The molecule has 27 heavy (non-hydrogen) atoms. The lowest BCUT2D eigenvalue weighted by molar-refractivity contribution is -0.910. The Kier molecular flexibility index (Phi) is 7.84. The fourth-order valence-corrected chi connectivity index (χ4v) is 3.94. The molecule has 0 spiro atoms. The van der Waals surface area contributed by atoms with Crippen LogP contribution >= 0.6 is 0 Å². The van der Waals surface area contributed by atoms with E-state index in [1.165, 1.54) is 4.90 Å². The Morgan fingerprint density at radius 2 is 1.63 bits per heavy atom. The molecule has 1 aliphatic rings. The van der Waals surface area contributed by atoms with Gasteiger partial charge in [-0.3, -0.25) is 4.79 Å². The molecule has 0 amide bonds.